The second-order valence-electron chi connectivity index (χ2n) is 4.59. The number of nitrogens with one attached hydrogen (secondary N) is 1. The number of carboxylic acid groups (broad SMARTS) is 1. The Morgan fingerprint density at radius 3 is 2.47 bits per heavy atom. The van der Waals surface area contributed by atoms with Crippen LogP contribution in [0.2, 0.25) is 0 Å². The van der Waals surface area contributed by atoms with Gasteiger partial charge in [-0.3, -0.25) is 0 Å². The van der Waals surface area contributed by atoms with Crippen molar-refractivity contribution in [1.82, 2.24) is 4.98 Å². The fraction of sp³-hybridized carbons (Fsp3) is 0.200. The van der Waals surface area contributed by atoms with Gasteiger partial charge < -0.3 is 15.2 Å². The van der Waals surface area contributed by atoms with E-state index in [-0.39, 0.29) is 5.56 Å². The lowest BCUT2D eigenvalue weighted by molar-refractivity contribution is -0.254. The minimum atomic E-state index is -1.24. The summed E-state index contributed by atoms with van der Waals surface area (Å²) in [7, 11) is 0. The molecule has 0 saturated heterocycles. The number of pyridine rings is 1. The van der Waals surface area contributed by atoms with Crippen LogP contribution in [0.15, 0.2) is 42.6 Å². The maximum Gasteiger partial charge on any atom is 0.139 e. The molecule has 0 bridgehead atoms. The van der Waals surface area contributed by atoms with E-state index in [2.05, 4.69) is 24.1 Å². The molecule has 0 radical (unpaired) electrons. The van der Waals surface area contributed by atoms with Gasteiger partial charge in [0.2, 0.25) is 0 Å². The molecule has 0 aliphatic carbocycles. The molecule has 98 valence electrons. The summed E-state index contributed by atoms with van der Waals surface area (Å²) >= 11 is 0. The van der Waals surface area contributed by atoms with E-state index in [0.717, 1.165) is 5.69 Å². The van der Waals surface area contributed by atoms with Crippen LogP contribution < -0.4 is 10.4 Å². The molecule has 2 aromatic rings. The Labute approximate surface area is 112 Å². The lowest BCUT2D eigenvalue weighted by Crippen LogP contribution is -2.23. The highest BCUT2D eigenvalue weighted by Gasteiger charge is 2.05. The van der Waals surface area contributed by atoms with Gasteiger partial charge in [-0.05, 0) is 35.7 Å². The molecular weight excluding hydrogens is 240 g/mol. The van der Waals surface area contributed by atoms with Crippen molar-refractivity contribution >= 4 is 17.5 Å². The largest absolute Gasteiger partial charge is 0.545 e. The molecule has 0 aliphatic rings. The molecule has 0 unspecified atom stereocenters. The Morgan fingerprint density at radius 2 is 1.89 bits per heavy atom. The van der Waals surface area contributed by atoms with Crippen LogP contribution in [0, 0.1) is 0 Å². The summed E-state index contributed by atoms with van der Waals surface area (Å²) < 4.78 is 0. The first-order chi connectivity index (χ1) is 9.08. The number of rotatable bonds is 4. The number of carbonyl (C=O) groups is 1. The van der Waals surface area contributed by atoms with Gasteiger partial charge in [-0.15, -0.1) is 0 Å². The molecular formula is C15H15N2O2-. The molecule has 0 saturated carbocycles. The summed E-state index contributed by atoms with van der Waals surface area (Å²) in [5.74, 6) is -0.489. The molecule has 1 heterocycles. The minimum absolute atomic E-state index is 0.0513. The third-order valence-corrected chi connectivity index (χ3v) is 2.87. The number of carbonyl (C=O) groups excluding carboxylic acids is 1. The second-order valence-corrected chi connectivity index (χ2v) is 4.59. The zero-order chi connectivity index (χ0) is 13.8. The van der Waals surface area contributed by atoms with Crippen LogP contribution in [0.4, 0.5) is 11.5 Å². The minimum Gasteiger partial charge on any atom is -0.545 e. The van der Waals surface area contributed by atoms with Crippen molar-refractivity contribution in [3.63, 3.8) is 0 Å². The highest BCUT2D eigenvalue weighted by molar-refractivity contribution is 5.92. The Kier molecular flexibility index (Phi) is 3.80. The van der Waals surface area contributed by atoms with E-state index in [0.29, 0.717) is 11.7 Å². The molecule has 19 heavy (non-hydrogen) atoms. The van der Waals surface area contributed by atoms with Crippen molar-refractivity contribution in [2.75, 3.05) is 5.32 Å². The Balaban J connectivity index is 2.24. The maximum absolute atomic E-state index is 11.0. The average Bonchev–Trinajstić information content (AvgIpc) is 2.39. The highest BCUT2D eigenvalue weighted by atomic mass is 16.4. The number of hydrogen-bond acceptors (Lipinski definition) is 4. The van der Waals surface area contributed by atoms with Gasteiger partial charge in [0.25, 0.3) is 0 Å². The van der Waals surface area contributed by atoms with Gasteiger partial charge >= 0.3 is 0 Å². The van der Waals surface area contributed by atoms with Gasteiger partial charge in [0.15, 0.2) is 0 Å². The predicted molar refractivity (Wildman–Crippen MR) is 72.4 cm³/mol. The van der Waals surface area contributed by atoms with E-state index < -0.39 is 5.97 Å². The number of carboxylic acids is 1. The van der Waals surface area contributed by atoms with Crippen molar-refractivity contribution < 1.29 is 9.90 Å². The molecule has 0 aliphatic heterocycles. The summed E-state index contributed by atoms with van der Waals surface area (Å²) in [4.78, 5) is 15.0. The van der Waals surface area contributed by atoms with Gasteiger partial charge in [-0.25, -0.2) is 4.98 Å². The van der Waals surface area contributed by atoms with E-state index in [1.165, 1.54) is 17.8 Å². The molecule has 0 fully saturated rings. The Hall–Kier alpha value is -2.36. The number of hydrogen-bond donors (Lipinski definition) is 1. The van der Waals surface area contributed by atoms with Gasteiger partial charge in [-0.2, -0.15) is 0 Å². The molecule has 0 amide bonds. The molecule has 2 rings (SSSR count). The van der Waals surface area contributed by atoms with Crippen LogP contribution in [0.25, 0.3) is 0 Å². The van der Waals surface area contributed by atoms with E-state index in [1.807, 2.05) is 24.3 Å². The van der Waals surface area contributed by atoms with Gasteiger partial charge in [0.1, 0.15) is 5.82 Å². The zero-order valence-corrected chi connectivity index (χ0v) is 10.9. The number of anilines is 2. The lowest BCUT2D eigenvalue weighted by Gasteiger charge is -2.12. The molecule has 0 spiro atoms. The fourth-order valence-corrected chi connectivity index (χ4v) is 1.76. The zero-order valence-electron chi connectivity index (χ0n) is 10.9. The van der Waals surface area contributed by atoms with Crippen LogP contribution in [0.3, 0.4) is 0 Å². The van der Waals surface area contributed by atoms with Crippen molar-refractivity contribution in [2.45, 2.75) is 19.8 Å². The topological polar surface area (TPSA) is 65.0 Å². The van der Waals surface area contributed by atoms with E-state index in [1.54, 1.807) is 6.07 Å². The SMILES string of the molecule is CC(C)c1ccc(Nc2ncccc2C(=O)[O-])cc1. The molecule has 4 nitrogen and oxygen atoms in total. The summed E-state index contributed by atoms with van der Waals surface area (Å²) in [5.41, 5.74) is 2.08. The van der Waals surface area contributed by atoms with Crippen LogP contribution in [0.5, 0.6) is 0 Å². The number of nitrogens with zero attached hydrogens (tertiary/aromatic N) is 1. The third kappa shape index (κ3) is 3.10. The van der Waals surface area contributed by atoms with Crippen molar-refractivity contribution in [2.24, 2.45) is 0 Å². The van der Waals surface area contributed by atoms with Crippen molar-refractivity contribution in [1.29, 1.82) is 0 Å². The Bertz CT molecular complexity index is 577. The maximum atomic E-state index is 11.0. The number of aromatic nitrogens is 1. The standard InChI is InChI=1S/C15H16N2O2/c1-10(2)11-5-7-12(8-6-11)17-14-13(15(18)19)4-3-9-16-14/h3-10H,1-2H3,(H,16,17)(H,18,19)/p-1. The second kappa shape index (κ2) is 5.52. The smallest absolute Gasteiger partial charge is 0.139 e. The predicted octanol–water partition coefficient (Wildman–Crippen LogP) is 2.31. The first kappa shape index (κ1) is 13.1. The van der Waals surface area contributed by atoms with Crippen molar-refractivity contribution in [3.8, 4) is 0 Å². The summed E-state index contributed by atoms with van der Waals surface area (Å²) in [6.07, 6.45) is 1.54. The quantitative estimate of drug-likeness (QED) is 0.910. The molecule has 1 N–H and O–H groups in total. The van der Waals surface area contributed by atoms with Crippen LogP contribution in [-0.2, 0) is 0 Å². The number of aromatic carboxylic acids is 1. The van der Waals surface area contributed by atoms with Crippen LogP contribution in [-0.4, -0.2) is 11.0 Å². The summed E-state index contributed by atoms with van der Waals surface area (Å²) in [5, 5.41) is 14.0. The first-order valence-electron chi connectivity index (χ1n) is 6.11. The Morgan fingerprint density at radius 1 is 1.21 bits per heavy atom. The van der Waals surface area contributed by atoms with Crippen molar-refractivity contribution in [3.05, 3.63) is 53.7 Å². The lowest BCUT2D eigenvalue weighted by atomic mass is 10.0. The summed E-state index contributed by atoms with van der Waals surface area (Å²) in [6.45, 7) is 4.24. The molecule has 4 heteroatoms. The van der Waals surface area contributed by atoms with E-state index >= 15 is 0 Å². The van der Waals surface area contributed by atoms with E-state index in [9.17, 15) is 9.90 Å². The van der Waals surface area contributed by atoms with E-state index in [4.69, 9.17) is 0 Å². The fourth-order valence-electron chi connectivity index (χ4n) is 1.76. The molecule has 1 aromatic heterocycles. The van der Waals surface area contributed by atoms with Gasteiger partial charge in [0.05, 0.1) is 5.97 Å². The van der Waals surface area contributed by atoms with Crippen LogP contribution in [0.1, 0.15) is 35.7 Å². The summed E-state index contributed by atoms with van der Waals surface area (Å²) in [6, 6.07) is 10.9. The monoisotopic (exact) mass is 255 g/mol. The van der Waals surface area contributed by atoms with Crippen LogP contribution >= 0.6 is 0 Å². The normalized spacial score (nSPS) is 10.5. The first-order valence-corrected chi connectivity index (χ1v) is 6.11. The van der Waals surface area contributed by atoms with Gasteiger partial charge in [0, 0.05) is 17.4 Å². The molecule has 0 atom stereocenters. The molecule has 1 aromatic carbocycles. The average molecular weight is 255 g/mol. The van der Waals surface area contributed by atoms with Gasteiger partial charge in [-0.1, -0.05) is 26.0 Å². The third-order valence-electron chi connectivity index (χ3n) is 2.87. The number of benzene rings is 1. The highest BCUT2D eigenvalue weighted by Crippen LogP contribution is 2.21.